The van der Waals surface area contributed by atoms with Crippen molar-refractivity contribution in [2.75, 3.05) is 7.11 Å². The number of aryl methyl sites for hydroxylation is 1. The number of hydrogen-bond acceptors (Lipinski definition) is 4. The summed E-state index contributed by atoms with van der Waals surface area (Å²) in [5, 5.41) is 0. The first-order valence-electron chi connectivity index (χ1n) is 7.03. The predicted molar refractivity (Wildman–Crippen MR) is 86.1 cm³/mol. The average molecular weight is 320 g/mol. The molecule has 0 bridgehead atoms. The molecule has 0 radical (unpaired) electrons. The Hall–Kier alpha value is -2.01. The Morgan fingerprint density at radius 2 is 1.68 bits per heavy atom. The van der Waals surface area contributed by atoms with Crippen molar-refractivity contribution in [3.8, 4) is 11.5 Å². The summed E-state index contributed by atoms with van der Waals surface area (Å²) in [5.74, 6) is 0.783. The van der Waals surface area contributed by atoms with Crippen LogP contribution in [0, 0.1) is 6.92 Å². The Labute approximate surface area is 131 Å². The SMILES string of the molecule is COc1ccccc1S(=O)(=O)Oc1cc(C)ccc1C(C)C. The van der Waals surface area contributed by atoms with Gasteiger partial charge >= 0.3 is 10.1 Å². The number of hydrogen-bond donors (Lipinski definition) is 0. The second-order valence-electron chi connectivity index (χ2n) is 5.38. The van der Waals surface area contributed by atoms with Gasteiger partial charge in [-0.05, 0) is 42.2 Å². The summed E-state index contributed by atoms with van der Waals surface area (Å²) in [7, 11) is -2.52. The molecular weight excluding hydrogens is 300 g/mol. The molecule has 0 saturated heterocycles. The van der Waals surface area contributed by atoms with Crippen LogP contribution in [0.25, 0.3) is 0 Å². The van der Waals surface area contributed by atoms with Crippen molar-refractivity contribution in [2.24, 2.45) is 0 Å². The van der Waals surface area contributed by atoms with Gasteiger partial charge in [0, 0.05) is 0 Å². The molecule has 5 heteroatoms. The first kappa shape index (κ1) is 16.4. The summed E-state index contributed by atoms with van der Waals surface area (Å²) in [6.45, 7) is 5.88. The zero-order valence-electron chi connectivity index (χ0n) is 13.2. The van der Waals surface area contributed by atoms with E-state index in [1.807, 2.05) is 32.9 Å². The van der Waals surface area contributed by atoms with Crippen LogP contribution in [-0.2, 0) is 10.1 Å². The van der Waals surface area contributed by atoms with Crippen molar-refractivity contribution < 1.29 is 17.3 Å². The Bertz CT molecular complexity index is 764. The number of methoxy groups -OCH3 is 1. The van der Waals surface area contributed by atoms with E-state index in [-0.39, 0.29) is 16.6 Å². The zero-order chi connectivity index (χ0) is 16.3. The minimum absolute atomic E-state index is 0.0220. The van der Waals surface area contributed by atoms with E-state index >= 15 is 0 Å². The van der Waals surface area contributed by atoms with Crippen molar-refractivity contribution >= 4 is 10.1 Å². The van der Waals surface area contributed by atoms with Gasteiger partial charge in [0.1, 0.15) is 16.4 Å². The van der Waals surface area contributed by atoms with Crippen LogP contribution < -0.4 is 8.92 Å². The third-order valence-corrected chi connectivity index (χ3v) is 4.60. The van der Waals surface area contributed by atoms with E-state index in [1.54, 1.807) is 24.3 Å². The molecule has 22 heavy (non-hydrogen) atoms. The maximum atomic E-state index is 12.6. The highest BCUT2D eigenvalue weighted by Crippen LogP contribution is 2.32. The number of rotatable bonds is 5. The maximum absolute atomic E-state index is 12.6. The van der Waals surface area contributed by atoms with Gasteiger partial charge in [0.2, 0.25) is 0 Å². The van der Waals surface area contributed by atoms with Gasteiger partial charge in [-0.1, -0.05) is 38.1 Å². The van der Waals surface area contributed by atoms with Crippen LogP contribution in [0.2, 0.25) is 0 Å². The molecule has 2 rings (SSSR count). The van der Waals surface area contributed by atoms with E-state index in [0.717, 1.165) is 11.1 Å². The molecule has 0 spiro atoms. The molecule has 2 aromatic rings. The average Bonchev–Trinajstić information content (AvgIpc) is 2.46. The highest BCUT2D eigenvalue weighted by molar-refractivity contribution is 7.87. The summed E-state index contributed by atoms with van der Waals surface area (Å²) < 4.78 is 35.6. The molecule has 0 aromatic heterocycles. The largest absolute Gasteiger partial charge is 0.495 e. The molecule has 2 aromatic carbocycles. The first-order chi connectivity index (χ1) is 10.3. The molecule has 0 fully saturated rings. The van der Waals surface area contributed by atoms with E-state index in [1.165, 1.54) is 13.2 Å². The van der Waals surface area contributed by atoms with Gasteiger partial charge in [0.05, 0.1) is 7.11 Å². The highest BCUT2D eigenvalue weighted by Gasteiger charge is 2.23. The van der Waals surface area contributed by atoms with Crippen LogP contribution in [0.15, 0.2) is 47.4 Å². The Morgan fingerprint density at radius 1 is 1.00 bits per heavy atom. The van der Waals surface area contributed by atoms with E-state index in [4.69, 9.17) is 8.92 Å². The van der Waals surface area contributed by atoms with Gasteiger partial charge in [-0.3, -0.25) is 0 Å². The fraction of sp³-hybridized carbons (Fsp3) is 0.294. The molecule has 0 aliphatic carbocycles. The van der Waals surface area contributed by atoms with Crippen LogP contribution in [-0.4, -0.2) is 15.5 Å². The van der Waals surface area contributed by atoms with Crippen molar-refractivity contribution in [1.82, 2.24) is 0 Å². The van der Waals surface area contributed by atoms with Crippen LogP contribution in [0.1, 0.15) is 30.9 Å². The number of para-hydroxylation sites is 1. The second kappa shape index (κ2) is 6.40. The predicted octanol–water partition coefficient (Wildman–Crippen LogP) is 3.89. The standard InChI is InChI=1S/C17H20O4S/c1-12(2)14-10-9-13(3)11-16(14)21-22(18,19)17-8-6-5-7-15(17)20-4/h5-12H,1-4H3. The molecular formula is C17H20O4S. The van der Waals surface area contributed by atoms with E-state index in [9.17, 15) is 8.42 Å². The molecule has 0 unspecified atom stereocenters. The minimum Gasteiger partial charge on any atom is -0.495 e. The zero-order valence-corrected chi connectivity index (χ0v) is 14.0. The van der Waals surface area contributed by atoms with Gasteiger partial charge in [-0.25, -0.2) is 0 Å². The molecule has 0 amide bonds. The summed E-state index contributed by atoms with van der Waals surface area (Å²) in [4.78, 5) is 0.0220. The van der Waals surface area contributed by atoms with Crippen LogP contribution in [0.3, 0.4) is 0 Å². The van der Waals surface area contributed by atoms with Crippen molar-refractivity contribution in [1.29, 1.82) is 0 Å². The van der Waals surface area contributed by atoms with E-state index in [2.05, 4.69) is 0 Å². The van der Waals surface area contributed by atoms with E-state index < -0.39 is 10.1 Å². The van der Waals surface area contributed by atoms with Crippen LogP contribution in [0.5, 0.6) is 11.5 Å². The summed E-state index contributed by atoms with van der Waals surface area (Å²) in [6.07, 6.45) is 0. The lowest BCUT2D eigenvalue weighted by Crippen LogP contribution is -2.12. The molecule has 0 saturated carbocycles. The topological polar surface area (TPSA) is 52.6 Å². The van der Waals surface area contributed by atoms with Crippen molar-refractivity contribution in [3.63, 3.8) is 0 Å². The lowest BCUT2D eigenvalue weighted by molar-refractivity contribution is 0.398. The first-order valence-corrected chi connectivity index (χ1v) is 8.44. The maximum Gasteiger partial charge on any atom is 0.342 e. The molecule has 0 N–H and O–H groups in total. The lowest BCUT2D eigenvalue weighted by Gasteiger charge is -2.15. The number of benzene rings is 2. The minimum atomic E-state index is -3.95. The molecule has 0 aliphatic rings. The monoisotopic (exact) mass is 320 g/mol. The third-order valence-electron chi connectivity index (χ3n) is 3.33. The fourth-order valence-corrected chi connectivity index (χ4v) is 3.29. The van der Waals surface area contributed by atoms with Gasteiger partial charge in [-0.2, -0.15) is 8.42 Å². The van der Waals surface area contributed by atoms with E-state index in [0.29, 0.717) is 5.75 Å². The lowest BCUT2D eigenvalue weighted by atomic mass is 10.0. The summed E-state index contributed by atoms with van der Waals surface area (Å²) >= 11 is 0. The Balaban J connectivity index is 2.47. The highest BCUT2D eigenvalue weighted by atomic mass is 32.2. The van der Waals surface area contributed by atoms with Crippen molar-refractivity contribution in [2.45, 2.75) is 31.6 Å². The smallest absolute Gasteiger partial charge is 0.342 e. The second-order valence-corrected chi connectivity index (χ2v) is 6.90. The van der Waals surface area contributed by atoms with Gasteiger partial charge < -0.3 is 8.92 Å². The van der Waals surface area contributed by atoms with Crippen LogP contribution >= 0.6 is 0 Å². The number of ether oxygens (including phenoxy) is 1. The molecule has 4 nitrogen and oxygen atoms in total. The summed E-state index contributed by atoms with van der Waals surface area (Å²) in [5.41, 5.74) is 1.79. The quantitative estimate of drug-likeness (QED) is 0.784. The van der Waals surface area contributed by atoms with Crippen LogP contribution in [0.4, 0.5) is 0 Å². The Kier molecular flexibility index (Phi) is 4.76. The van der Waals surface area contributed by atoms with Gasteiger partial charge in [0.15, 0.2) is 0 Å². The van der Waals surface area contributed by atoms with Crippen molar-refractivity contribution in [3.05, 3.63) is 53.6 Å². The molecule has 0 atom stereocenters. The van der Waals surface area contributed by atoms with Gasteiger partial charge in [0.25, 0.3) is 0 Å². The Morgan fingerprint density at radius 3 is 2.32 bits per heavy atom. The summed E-state index contributed by atoms with van der Waals surface area (Å²) in [6, 6.07) is 12.0. The molecule has 0 heterocycles. The molecule has 118 valence electrons. The third kappa shape index (κ3) is 3.42. The normalized spacial score (nSPS) is 11.5. The molecule has 0 aliphatic heterocycles. The van der Waals surface area contributed by atoms with Gasteiger partial charge in [-0.15, -0.1) is 0 Å². The fourth-order valence-electron chi connectivity index (χ4n) is 2.18.